The Hall–Kier alpha value is -3.52. The second-order valence-electron chi connectivity index (χ2n) is 7.31. The molecule has 0 spiro atoms. The number of cyclic esters (lactones) is 1. The number of fused-ring (bicyclic) bond motifs is 1. The van der Waals surface area contributed by atoms with E-state index in [-0.39, 0.29) is 12.3 Å². The van der Waals surface area contributed by atoms with Gasteiger partial charge in [0.15, 0.2) is 5.60 Å². The number of anilines is 2. The maximum absolute atomic E-state index is 12.9. The van der Waals surface area contributed by atoms with Gasteiger partial charge in [0, 0.05) is 28.3 Å². The molecule has 1 aliphatic heterocycles. The van der Waals surface area contributed by atoms with Crippen LogP contribution in [-0.2, 0) is 16.0 Å². The third-order valence-electron chi connectivity index (χ3n) is 4.91. The van der Waals surface area contributed by atoms with Gasteiger partial charge in [-0.3, -0.25) is 9.59 Å². The minimum absolute atomic E-state index is 0.260. The first-order valence-electron chi connectivity index (χ1n) is 9.50. The molecule has 0 bridgehead atoms. The van der Waals surface area contributed by atoms with Gasteiger partial charge in [-0.1, -0.05) is 24.3 Å². The van der Waals surface area contributed by atoms with Crippen LogP contribution in [0.5, 0.6) is 0 Å². The van der Waals surface area contributed by atoms with Crippen LogP contribution in [0.15, 0.2) is 71.3 Å². The Morgan fingerprint density at radius 1 is 1.06 bits per heavy atom. The fraction of sp³-hybridized carbons (Fsp3) is 0.130. The fourth-order valence-electron chi connectivity index (χ4n) is 3.30. The van der Waals surface area contributed by atoms with Gasteiger partial charge in [-0.05, 0) is 64.8 Å². The van der Waals surface area contributed by atoms with Crippen molar-refractivity contribution in [1.82, 2.24) is 4.98 Å². The van der Waals surface area contributed by atoms with Crippen molar-refractivity contribution in [3.8, 4) is 0 Å². The largest absolute Gasteiger partial charge is 0.445 e. The van der Waals surface area contributed by atoms with Crippen LogP contribution in [0.25, 0.3) is 0 Å². The van der Waals surface area contributed by atoms with Crippen LogP contribution >= 0.6 is 15.9 Å². The molecule has 7 nitrogen and oxygen atoms in total. The molecule has 4 rings (SSSR count). The van der Waals surface area contributed by atoms with E-state index in [2.05, 4.69) is 31.5 Å². The lowest BCUT2D eigenvalue weighted by Gasteiger charge is -2.33. The molecule has 0 fully saturated rings. The number of rotatable bonds is 4. The minimum Gasteiger partial charge on any atom is -0.445 e. The van der Waals surface area contributed by atoms with E-state index in [0.29, 0.717) is 22.6 Å². The van der Waals surface area contributed by atoms with Gasteiger partial charge in [0.25, 0.3) is 11.8 Å². The molecule has 31 heavy (non-hydrogen) atoms. The number of esters is 1. The van der Waals surface area contributed by atoms with E-state index in [1.807, 2.05) is 12.1 Å². The molecule has 0 saturated carbocycles. The van der Waals surface area contributed by atoms with Gasteiger partial charge in [0.05, 0.1) is 5.56 Å². The molecule has 1 atom stereocenters. The number of nitrogens with zero attached hydrogens (tertiary/aromatic N) is 1. The lowest BCUT2D eigenvalue weighted by molar-refractivity contribution is -0.134. The summed E-state index contributed by atoms with van der Waals surface area (Å²) in [4.78, 5) is 41.9. The quantitative estimate of drug-likeness (QED) is 0.546. The molecule has 2 amide bonds. The number of pyridine rings is 1. The Labute approximate surface area is 187 Å². The molecular weight excluding hydrogens is 462 g/mol. The van der Waals surface area contributed by atoms with Gasteiger partial charge < -0.3 is 15.4 Å². The number of amides is 2. The van der Waals surface area contributed by atoms with Crippen molar-refractivity contribution in [3.63, 3.8) is 0 Å². The highest BCUT2D eigenvalue weighted by molar-refractivity contribution is 9.10. The highest BCUT2D eigenvalue weighted by atomic mass is 79.9. The number of nitrogens with one attached hydrogen (secondary N) is 2. The zero-order chi connectivity index (χ0) is 22.0. The smallest absolute Gasteiger partial charge is 0.339 e. The molecule has 2 N–H and O–H groups in total. The topological polar surface area (TPSA) is 97.4 Å². The summed E-state index contributed by atoms with van der Waals surface area (Å²) in [5.41, 5.74) is 0.626. The predicted molar refractivity (Wildman–Crippen MR) is 119 cm³/mol. The van der Waals surface area contributed by atoms with Crippen molar-refractivity contribution in [2.24, 2.45) is 0 Å². The summed E-state index contributed by atoms with van der Waals surface area (Å²) in [6.45, 7) is 1.58. The van der Waals surface area contributed by atoms with Crippen LogP contribution in [0.4, 0.5) is 11.5 Å². The molecule has 1 aromatic heterocycles. The third kappa shape index (κ3) is 4.49. The second kappa shape index (κ2) is 8.31. The third-order valence-corrected chi connectivity index (χ3v) is 5.38. The summed E-state index contributed by atoms with van der Waals surface area (Å²) >= 11 is 3.29. The highest BCUT2D eigenvalue weighted by Crippen LogP contribution is 2.29. The van der Waals surface area contributed by atoms with Gasteiger partial charge in [0.1, 0.15) is 5.82 Å². The van der Waals surface area contributed by atoms with Gasteiger partial charge in [0.2, 0.25) is 0 Å². The highest BCUT2D eigenvalue weighted by Gasteiger charge is 2.42. The standard InChI is InChI=1S/C23H18BrN3O4/c1-23(12-15-5-2-3-8-18(15)21(29)31-23)22(30)26-17-7-4-6-14(11-17)20(28)27-19-10-9-16(24)13-25-19/h2-11,13H,12H2,1H3,(H,26,30)(H,25,27,28). The Bertz CT molecular complexity index is 1180. The van der Waals surface area contributed by atoms with Gasteiger partial charge >= 0.3 is 5.97 Å². The second-order valence-corrected chi connectivity index (χ2v) is 8.22. The maximum atomic E-state index is 12.9. The van der Waals surface area contributed by atoms with Crippen LogP contribution in [0, 0.1) is 0 Å². The van der Waals surface area contributed by atoms with Gasteiger partial charge in [-0.15, -0.1) is 0 Å². The zero-order valence-corrected chi connectivity index (χ0v) is 18.1. The molecule has 1 unspecified atom stereocenters. The molecule has 0 saturated heterocycles. The predicted octanol–water partition coefficient (Wildman–Crippen LogP) is 4.21. The monoisotopic (exact) mass is 479 g/mol. The number of hydrogen-bond acceptors (Lipinski definition) is 5. The van der Waals surface area contributed by atoms with Crippen LogP contribution in [-0.4, -0.2) is 28.4 Å². The Balaban J connectivity index is 1.48. The first-order chi connectivity index (χ1) is 14.8. The van der Waals surface area contributed by atoms with Crippen molar-refractivity contribution >= 4 is 45.2 Å². The molecule has 3 aromatic rings. The molecular formula is C23H18BrN3O4. The fourth-order valence-corrected chi connectivity index (χ4v) is 3.53. The molecule has 2 heterocycles. The lowest BCUT2D eigenvalue weighted by atomic mass is 9.89. The van der Waals surface area contributed by atoms with E-state index in [1.54, 1.807) is 61.7 Å². The lowest BCUT2D eigenvalue weighted by Crippen LogP contribution is -2.48. The van der Waals surface area contributed by atoms with Crippen molar-refractivity contribution < 1.29 is 19.1 Å². The summed E-state index contributed by atoms with van der Waals surface area (Å²) in [5, 5.41) is 5.45. The molecule has 0 radical (unpaired) electrons. The number of aromatic nitrogens is 1. The van der Waals surface area contributed by atoms with E-state index >= 15 is 0 Å². The van der Waals surface area contributed by atoms with E-state index in [1.165, 1.54) is 0 Å². The van der Waals surface area contributed by atoms with Crippen LogP contribution in [0.1, 0.15) is 33.2 Å². The SMILES string of the molecule is CC1(C(=O)Nc2cccc(C(=O)Nc3ccc(Br)cn3)c2)Cc2ccccc2C(=O)O1. The van der Waals surface area contributed by atoms with E-state index in [9.17, 15) is 14.4 Å². The number of benzene rings is 2. The number of carbonyl (C=O) groups excluding carboxylic acids is 3. The summed E-state index contributed by atoms with van der Waals surface area (Å²) in [5.74, 6) is -0.963. The Morgan fingerprint density at radius 2 is 1.87 bits per heavy atom. The maximum Gasteiger partial charge on any atom is 0.339 e. The molecule has 2 aromatic carbocycles. The molecule has 1 aliphatic rings. The average Bonchev–Trinajstić information content (AvgIpc) is 2.75. The summed E-state index contributed by atoms with van der Waals surface area (Å²) in [7, 11) is 0. The molecule has 0 aliphatic carbocycles. The summed E-state index contributed by atoms with van der Waals surface area (Å²) < 4.78 is 6.26. The average molecular weight is 480 g/mol. The zero-order valence-electron chi connectivity index (χ0n) is 16.5. The normalized spacial score (nSPS) is 17.3. The van der Waals surface area contributed by atoms with E-state index < -0.39 is 17.5 Å². The van der Waals surface area contributed by atoms with Crippen LogP contribution in [0.3, 0.4) is 0 Å². The van der Waals surface area contributed by atoms with Crippen molar-refractivity contribution in [1.29, 1.82) is 0 Å². The Kier molecular flexibility index (Phi) is 5.56. The van der Waals surface area contributed by atoms with Crippen molar-refractivity contribution in [3.05, 3.63) is 88.0 Å². The number of hydrogen-bond donors (Lipinski definition) is 2. The summed E-state index contributed by atoms with van der Waals surface area (Å²) in [6.07, 6.45) is 1.84. The van der Waals surface area contributed by atoms with Crippen molar-refractivity contribution in [2.75, 3.05) is 10.6 Å². The van der Waals surface area contributed by atoms with Gasteiger partial charge in [-0.2, -0.15) is 0 Å². The first kappa shape index (κ1) is 20.7. The van der Waals surface area contributed by atoms with Crippen LogP contribution < -0.4 is 10.6 Å². The Morgan fingerprint density at radius 3 is 2.65 bits per heavy atom. The minimum atomic E-state index is -1.36. The number of carbonyl (C=O) groups is 3. The van der Waals surface area contributed by atoms with E-state index in [4.69, 9.17) is 4.74 Å². The molecule has 156 valence electrons. The number of ether oxygens (including phenoxy) is 1. The van der Waals surface area contributed by atoms with E-state index in [0.717, 1.165) is 10.0 Å². The number of halogens is 1. The summed E-state index contributed by atoms with van der Waals surface area (Å²) in [6, 6.07) is 17.0. The molecule has 8 heteroatoms. The van der Waals surface area contributed by atoms with Crippen LogP contribution in [0.2, 0.25) is 0 Å². The van der Waals surface area contributed by atoms with Gasteiger partial charge in [-0.25, -0.2) is 9.78 Å². The first-order valence-corrected chi connectivity index (χ1v) is 10.3. The van der Waals surface area contributed by atoms with Crippen molar-refractivity contribution in [2.45, 2.75) is 18.9 Å².